The Labute approximate surface area is 114 Å². The number of carbonyl (C=O) groups excluding carboxylic acids is 1. The lowest BCUT2D eigenvalue weighted by atomic mass is 9.61. The number of hydrogen-bond acceptors (Lipinski definition) is 3. The minimum Gasteiger partial charge on any atom is -0.409 e. The van der Waals surface area contributed by atoms with Gasteiger partial charge in [-0.05, 0) is 31.1 Å². The molecule has 0 saturated heterocycles. The average molecular weight is 267 g/mol. The van der Waals surface area contributed by atoms with Gasteiger partial charge in [0, 0.05) is 6.54 Å². The van der Waals surface area contributed by atoms with Crippen LogP contribution < -0.4 is 11.1 Å². The lowest BCUT2D eigenvalue weighted by Crippen LogP contribution is -2.56. The van der Waals surface area contributed by atoms with Crippen molar-refractivity contribution in [2.45, 2.75) is 51.9 Å². The second kappa shape index (κ2) is 5.80. The molecule has 0 radical (unpaired) electrons. The van der Waals surface area contributed by atoms with Gasteiger partial charge in [0.05, 0.1) is 0 Å². The second-order valence-corrected chi connectivity index (χ2v) is 6.28. The Hall–Kier alpha value is -1.26. The molecule has 1 amide bonds. The molecule has 0 aromatic rings. The van der Waals surface area contributed by atoms with Crippen LogP contribution in [0.15, 0.2) is 5.16 Å². The van der Waals surface area contributed by atoms with E-state index in [0.717, 1.165) is 12.3 Å². The Morgan fingerprint density at radius 3 is 2.58 bits per heavy atom. The summed E-state index contributed by atoms with van der Waals surface area (Å²) in [5.74, 6) is 1.21. The fraction of sp³-hybridized carbons (Fsp3) is 0.857. The van der Waals surface area contributed by atoms with E-state index in [1.807, 2.05) is 0 Å². The zero-order valence-corrected chi connectivity index (χ0v) is 11.7. The Morgan fingerprint density at radius 2 is 2.05 bits per heavy atom. The van der Waals surface area contributed by atoms with Gasteiger partial charge in [-0.2, -0.15) is 0 Å². The summed E-state index contributed by atoms with van der Waals surface area (Å²) < 4.78 is 0. The first-order valence-electron chi connectivity index (χ1n) is 7.35. The van der Waals surface area contributed by atoms with Gasteiger partial charge in [-0.15, -0.1) is 0 Å². The number of carbonyl (C=O) groups is 1. The van der Waals surface area contributed by atoms with Crippen molar-refractivity contribution >= 4 is 11.7 Å². The Balaban J connectivity index is 1.83. The summed E-state index contributed by atoms with van der Waals surface area (Å²) in [6.45, 7) is 2.78. The fourth-order valence-electron chi connectivity index (χ4n) is 3.59. The number of amidine groups is 1. The minimum atomic E-state index is -0.760. The highest BCUT2D eigenvalue weighted by molar-refractivity contribution is 6.07. The maximum absolute atomic E-state index is 12.3. The van der Waals surface area contributed by atoms with Crippen molar-refractivity contribution in [1.82, 2.24) is 5.32 Å². The number of nitrogens with two attached hydrogens (primary N) is 1. The molecule has 0 aromatic carbocycles. The zero-order valence-electron chi connectivity index (χ0n) is 11.7. The summed E-state index contributed by atoms with van der Waals surface area (Å²) in [5, 5.41) is 14.9. The van der Waals surface area contributed by atoms with Gasteiger partial charge in [-0.3, -0.25) is 4.79 Å². The van der Waals surface area contributed by atoms with Crippen LogP contribution in [0.25, 0.3) is 0 Å². The van der Waals surface area contributed by atoms with Crippen molar-refractivity contribution in [3.05, 3.63) is 0 Å². The Morgan fingerprint density at radius 1 is 1.42 bits per heavy atom. The van der Waals surface area contributed by atoms with E-state index in [1.54, 1.807) is 0 Å². The van der Waals surface area contributed by atoms with E-state index in [2.05, 4.69) is 17.4 Å². The molecule has 2 aliphatic rings. The Bertz CT molecular complexity index is 356. The number of nitrogens with zero attached hydrogens (tertiary/aromatic N) is 1. The van der Waals surface area contributed by atoms with Gasteiger partial charge in [0.2, 0.25) is 5.91 Å². The average Bonchev–Trinajstić information content (AvgIpc) is 2.86. The third kappa shape index (κ3) is 2.85. The van der Waals surface area contributed by atoms with Gasteiger partial charge in [0.25, 0.3) is 0 Å². The molecule has 0 spiro atoms. The summed E-state index contributed by atoms with van der Waals surface area (Å²) in [5.41, 5.74) is 4.95. The first kappa shape index (κ1) is 14.2. The van der Waals surface area contributed by atoms with Gasteiger partial charge in [-0.25, -0.2) is 0 Å². The monoisotopic (exact) mass is 267 g/mol. The summed E-state index contributed by atoms with van der Waals surface area (Å²) >= 11 is 0. The van der Waals surface area contributed by atoms with Crippen LogP contribution in [0.3, 0.4) is 0 Å². The highest BCUT2D eigenvalue weighted by Gasteiger charge is 2.52. The van der Waals surface area contributed by atoms with Gasteiger partial charge >= 0.3 is 0 Å². The first-order chi connectivity index (χ1) is 9.08. The molecule has 2 fully saturated rings. The SMILES string of the molecule is CC1CC(C(=O)NCCC2CCCC2)(C(N)=NO)C1. The highest BCUT2D eigenvalue weighted by atomic mass is 16.4. The van der Waals surface area contributed by atoms with Crippen LogP contribution in [0.2, 0.25) is 0 Å². The van der Waals surface area contributed by atoms with Crippen LogP contribution in [0.5, 0.6) is 0 Å². The summed E-state index contributed by atoms with van der Waals surface area (Å²) in [7, 11) is 0. The van der Waals surface area contributed by atoms with Crippen molar-refractivity contribution in [3.8, 4) is 0 Å². The molecule has 2 saturated carbocycles. The predicted molar refractivity (Wildman–Crippen MR) is 73.8 cm³/mol. The van der Waals surface area contributed by atoms with Crippen LogP contribution in [-0.2, 0) is 4.79 Å². The van der Waals surface area contributed by atoms with Gasteiger partial charge in [0.1, 0.15) is 5.41 Å². The molecular formula is C14H25N3O2. The standard InChI is InChI=1S/C14H25N3O2/c1-10-8-14(9-10,12(15)17-19)13(18)16-7-6-11-4-2-3-5-11/h10-11,19H,2-9H2,1H3,(H2,15,17)(H,16,18). The van der Waals surface area contributed by atoms with Crippen molar-refractivity contribution in [3.63, 3.8) is 0 Å². The lowest BCUT2D eigenvalue weighted by molar-refractivity contribution is -0.133. The summed E-state index contributed by atoms with van der Waals surface area (Å²) in [6, 6.07) is 0. The van der Waals surface area contributed by atoms with Crippen LogP contribution in [0.1, 0.15) is 51.9 Å². The highest BCUT2D eigenvalue weighted by Crippen LogP contribution is 2.45. The molecule has 0 unspecified atom stereocenters. The van der Waals surface area contributed by atoms with E-state index in [4.69, 9.17) is 10.9 Å². The molecule has 0 aliphatic heterocycles. The van der Waals surface area contributed by atoms with E-state index in [1.165, 1.54) is 25.7 Å². The number of oxime groups is 1. The molecule has 2 rings (SSSR count). The van der Waals surface area contributed by atoms with E-state index in [0.29, 0.717) is 25.3 Å². The molecule has 4 N–H and O–H groups in total. The van der Waals surface area contributed by atoms with Gasteiger partial charge < -0.3 is 16.3 Å². The topological polar surface area (TPSA) is 87.7 Å². The van der Waals surface area contributed by atoms with E-state index < -0.39 is 5.41 Å². The predicted octanol–water partition coefficient (Wildman–Crippen LogP) is 1.85. The number of nitrogens with one attached hydrogen (secondary N) is 1. The van der Waals surface area contributed by atoms with Crippen molar-refractivity contribution < 1.29 is 10.0 Å². The summed E-state index contributed by atoms with van der Waals surface area (Å²) in [6.07, 6.45) is 7.63. The number of amides is 1. The van der Waals surface area contributed by atoms with E-state index in [9.17, 15) is 4.79 Å². The molecule has 5 nitrogen and oxygen atoms in total. The molecule has 19 heavy (non-hydrogen) atoms. The number of rotatable bonds is 5. The van der Waals surface area contributed by atoms with Crippen molar-refractivity contribution in [1.29, 1.82) is 0 Å². The summed E-state index contributed by atoms with van der Waals surface area (Å²) in [4.78, 5) is 12.3. The number of hydrogen-bond donors (Lipinski definition) is 3. The maximum Gasteiger partial charge on any atom is 0.233 e. The smallest absolute Gasteiger partial charge is 0.233 e. The molecule has 2 aliphatic carbocycles. The third-order valence-corrected chi connectivity index (χ3v) is 4.74. The molecule has 0 atom stereocenters. The molecule has 108 valence electrons. The van der Waals surface area contributed by atoms with Crippen molar-refractivity contribution in [2.24, 2.45) is 28.1 Å². The van der Waals surface area contributed by atoms with Crippen LogP contribution >= 0.6 is 0 Å². The largest absolute Gasteiger partial charge is 0.409 e. The zero-order chi connectivity index (χ0) is 13.9. The van der Waals surface area contributed by atoms with Gasteiger partial charge in [0.15, 0.2) is 5.84 Å². The lowest BCUT2D eigenvalue weighted by Gasteiger charge is -2.43. The van der Waals surface area contributed by atoms with Crippen molar-refractivity contribution in [2.75, 3.05) is 6.54 Å². The normalized spacial score (nSPS) is 32.1. The molecule has 0 bridgehead atoms. The molecular weight excluding hydrogens is 242 g/mol. The third-order valence-electron chi connectivity index (χ3n) is 4.74. The van der Waals surface area contributed by atoms with Crippen LogP contribution in [0, 0.1) is 17.3 Å². The Kier molecular flexibility index (Phi) is 4.32. The van der Waals surface area contributed by atoms with E-state index >= 15 is 0 Å². The first-order valence-corrected chi connectivity index (χ1v) is 7.35. The quantitative estimate of drug-likeness (QED) is 0.307. The maximum atomic E-state index is 12.3. The molecule has 5 heteroatoms. The molecule has 0 aromatic heterocycles. The second-order valence-electron chi connectivity index (χ2n) is 6.28. The minimum absolute atomic E-state index is 0.0592. The fourth-order valence-corrected chi connectivity index (χ4v) is 3.59. The van der Waals surface area contributed by atoms with Crippen LogP contribution in [-0.4, -0.2) is 23.5 Å². The molecule has 0 heterocycles. The van der Waals surface area contributed by atoms with E-state index in [-0.39, 0.29) is 11.7 Å². The van der Waals surface area contributed by atoms with Crippen LogP contribution in [0.4, 0.5) is 0 Å². The van der Waals surface area contributed by atoms with Gasteiger partial charge in [-0.1, -0.05) is 37.8 Å².